The van der Waals surface area contributed by atoms with E-state index in [4.69, 9.17) is 9.47 Å². The van der Waals surface area contributed by atoms with Gasteiger partial charge in [0.25, 0.3) is 0 Å². The maximum Gasteiger partial charge on any atom is 0.165 e. The van der Waals surface area contributed by atoms with Gasteiger partial charge in [-0.1, -0.05) is 18.2 Å². The minimum Gasteiger partial charge on any atom is -0.493 e. The minimum atomic E-state index is -0.880. The predicted molar refractivity (Wildman–Crippen MR) is 76.8 cm³/mol. The third-order valence-corrected chi connectivity index (χ3v) is 3.31. The molecule has 0 amide bonds. The molecule has 3 nitrogen and oxygen atoms in total. The lowest BCUT2D eigenvalue weighted by atomic mass is 9.97. The first-order valence-corrected chi connectivity index (χ1v) is 6.45. The first-order chi connectivity index (χ1) is 10.1. The van der Waals surface area contributed by atoms with E-state index < -0.39 is 11.6 Å². The second-order valence-electron chi connectivity index (χ2n) is 4.48. The van der Waals surface area contributed by atoms with Crippen LogP contribution in [-0.4, -0.2) is 21.3 Å². The Kier molecular flexibility index (Phi) is 4.75. The standard InChI is InChI=1S/C16H17F2NO2/c1-19-15(10-7-8-12(17)13(18)9-10)11-5-4-6-14(20-2)16(11)21-3/h4-9,15,19H,1-3H3. The van der Waals surface area contributed by atoms with Gasteiger partial charge in [0, 0.05) is 5.56 Å². The highest BCUT2D eigenvalue weighted by molar-refractivity contribution is 5.50. The summed E-state index contributed by atoms with van der Waals surface area (Å²) in [5.74, 6) is -0.609. The number of halogens is 2. The molecule has 0 saturated heterocycles. The van der Waals surface area contributed by atoms with Crippen molar-refractivity contribution in [1.82, 2.24) is 5.32 Å². The zero-order valence-corrected chi connectivity index (χ0v) is 12.1. The molecule has 0 aliphatic rings. The highest BCUT2D eigenvalue weighted by atomic mass is 19.2. The van der Waals surface area contributed by atoms with Crippen LogP contribution in [0.25, 0.3) is 0 Å². The summed E-state index contributed by atoms with van der Waals surface area (Å²) in [4.78, 5) is 0. The lowest BCUT2D eigenvalue weighted by molar-refractivity contribution is 0.349. The van der Waals surface area contributed by atoms with Crippen LogP contribution in [0.15, 0.2) is 36.4 Å². The van der Waals surface area contributed by atoms with Crippen molar-refractivity contribution < 1.29 is 18.3 Å². The summed E-state index contributed by atoms with van der Waals surface area (Å²) in [5, 5.41) is 3.08. The van der Waals surface area contributed by atoms with Gasteiger partial charge in [0.2, 0.25) is 0 Å². The van der Waals surface area contributed by atoms with Crippen LogP contribution in [-0.2, 0) is 0 Å². The highest BCUT2D eigenvalue weighted by Gasteiger charge is 2.20. The van der Waals surface area contributed by atoms with Crippen molar-refractivity contribution in [2.75, 3.05) is 21.3 Å². The van der Waals surface area contributed by atoms with Gasteiger partial charge in [0.1, 0.15) is 0 Å². The smallest absolute Gasteiger partial charge is 0.165 e. The maximum atomic E-state index is 13.5. The largest absolute Gasteiger partial charge is 0.493 e. The zero-order chi connectivity index (χ0) is 15.4. The maximum absolute atomic E-state index is 13.5. The Labute approximate surface area is 122 Å². The number of hydrogen-bond acceptors (Lipinski definition) is 3. The molecule has 0 aliphatic carbocycles. The van der Waals surface area contributed by atoms with E-state index in [0.29, 0.717) is 17.1 Å². The fraction of sp³-hybridized carbons (Fsp3) is 0.250. The first-order valence-electron chi connectivity index (χ1n) is 6.45. The van der Waals surface area contributed by atoms with Crippen molar-refractivity contribution >= 4 is 0 Å². The second-order valence-corrected chi connectivity index (χ2v) is 4.48. The molecule has 0 spiro atoms. The zero-order valence-electron chi connectivity index (χ0n) is 12.1. The van der Waals surface area contributed by atoms with Crippen molar-refractivity contribution in [3.63, 3.8) is 0 Å². The molecule has 0 radical (unpaired) electrons. The summed E-state index contributed by atoms with van der Waals surface area (Å²) < 4.78 is 37.2. The van der Waals surface area contributed by atoms with Crippen molar-refractivity contribution in [3.8, 4) is 11.5 Å². The summed E-state index contributed by atoms with van der Waals surface area (Å²) >= 11 is 0. The fourth-order valence-electron chi connectivity index (χ4n) is 2.33. The molecular weight excluding hydrogens is 276 g/mol. The minimum absolute atomic E-state index is 0.342. The van der Waals surface area contributed by atoms with Gasteiger partial charge in [0.15, 0.2) is 23.1 Å². The lowest BCUT2D eigenvalue weighted by Crippen LogP contribution is -2.19. The molecule has 2 aromatic carbocycles. The monoisotopic (exact) mass is 293 g/mol. The SMILES string of the molecule is CNC(c1ccc(F)c(F)c1)c1cccc(OC)c1OC. The predicted octanol–water partition coefficient (Wildman–Crippen LogP) is 3.29. The van der Waals surface area contributed by atoms with Crippen LogP contribution in [0.4, 0.5) is 8.78 Å². The van der Waals surface area contributed by atoms with Crippen molar-refractivity contribution in [3.05, 3.63) is 59.2 Å². The van der Waals surface area contributed by atoms with E-state index in [9.17, 15) is 8.78 Å². The number of rotatable bonds is 5. The summed E-state index contributed by atoms with van der Waals surface area (Å²) in [6, 6.07) is 8.94. The molecule has 0 saturated carbocycles. The van der Waals surface area contributed by atoms with E-state index in [0.717, 1.165) is 11.6 Å². The van der Waals surface area contributed by atoms with E-state index in [1.807, 2.05) is 12.1 Å². The molecular formula is C16H17F2NO2. The molecule has 1 unspecified atom stereocenters. The highest BCUT2D eigenvalue weighted by Crippen LogP contribution is 2.37. The third-order valence-electron chi connectivity index (χ3n) is 3.31. The molecule has 21 heavy (non-hydrogen) atoms. The van der Waals surface area contributed by atoms with Crippen molar-refractivity contribution in [1.29, 1.82) is 0 Å². The number of methoxy groups -OCH3 is 2. The molecule has 0 heterocycles. The van der Waals surface area contributed by atoms with E-state index >= 15 is 0 Å². The molecule has 112 valence electrons. The van der Waals surface area contributed by atoms with E-state index in [2.05, 4.69) is 5.32 Å². The van der Waals surface area contributed by atoms with E-state index in [1.165, 1.54) is 6.07 Å². The molecule has 0 fully saturated rings. The molecule has 2 aromatic rings. The Balaban J connectivity index is 2.53. The van der Waals surface area contributed by atoms with Crippen LogP contribution in [0.5, 0.6) is 11.5 Å². The van der Waals surface area contributed by atoms with Gasteiger partial charge in [0.05, 0.1) is 20.3 Å². The average molecular weight is 293 g/mol. The Bertz CT molecular complexity index is 632. The van der Waals surface area contributed by atoms with Crippen LogP contribution in [0.1, 0.15) is 17.2 Å². The van der Waals surface area contributed by atoms with E-state index in [-0.39, 0.29) is 6.04 Å². The van der Waals surface area contributed by atoms with Gasteiger partial charge in [-0.25, -0.2) is 8.78 Å². The quantitative estimate of drug-likeness (QED) is 0.917. The van der Waals surface area contributed by atoms with Crippen LogP contribution in [0.2, 0.25) is 0 Å². The Morgan fingerprint density at radius 1 is 1.00 bits per heavy atom. The molecule has 1 atom stereocenters. The van der Waals surface area contributed by atoms with Crippen LogP contribution >= 0.6 is 0 Å². The number of para-hydroxylation sites is 1. The fourth-order valence-corrected chi connectivity index (χ4v) is 2.33. The van der Waals surface area contributed by atoms with Crippen LogP contribution in [0, 0.1) is 11.6 Å². The number of benzene rings is 2. The Morgan fingerprint density at radius 3 is 2.33 bits per heavy atom. The number of hydrogen-bond donors (Lipinski definition) is 1. The van der Waals surface area contributed by atoms with Gasteiger partial charge in [-0.05, 0) is 30.8 Å². The molecule has 1 N–H and O–H groups in total. The topological polar surface area (TPSA) is 30.5 Å². The van der Waals surface area contributed by atoms with Gasteiger partial charge in [-0.2, -0.15) is 0 Å². The van der Waals surface area contributed by atoms with Crippen LogP contribution < -0.4 is 14.8 Å². The Morgan fingerprint density at radius 2 is 1.76 bits per heavy atom. The third kappa shape index (κ3) is 2.97. The van der Waals surface area contributed by atoms with Gasteiger partial charge < -0.3 is 14.8 Å². The molecule has 5 heteroatoms. The second kappa shape index (κ2) is 6.54. The molecule has 0 aromatic heterocycles. The van der Waals surface area contributed by atoms with Crippen molar-refractivity contribution in [2.45, 2.75) is 6.04 Å². The van der Waals surface area contributed by atoms with Gasteiger partial charge in [-0.15, -0.1) is 0 Å². The van der Waals surface area contributed by atoms with Crippen molar-refractivity contribution in [2.24, 2.45) is 0 Å². The summed E-state index contributed by atoms with van der Waals surface area (Å²) in [6.07, 6.45) is 0. The average Bonchev–Trinajstić information content (AvgIpc) is 2.51. The summed E-state index contributed by atoms with van der Waals surface area (Å²) in [5.41, 5.74) is 1.38. The summed E-state index contributed by atoms with van der Waals surface area (Å²) in [7, 11) is 4.83. The molecule has 0 aliphatic heterocycles. The normalized spacial score (nSPS) is 12.0. The Hall–Kier alpha value is -2.14. The van der Waals surface area contributed by atoms with Gasteiger partial charge in [-0.3, -0.25) is 0 Å². The number of ether oxygens (including phenoxy) is 2. The number of nitrogens with one attached hydrogen (secondary N) is 1. The van der Waals surface area contributed by atoms with E-state index in [1.54, 1.807) is 33.4 Å². The lowest BCUT2D eigenvalue weighted by Gasteiger charge is -2.21. The molecule has 2 rings (SSSR count). The molecule has 0 bridgehead atoms. The van der Waals surface area contributed by atoms with Gasteiger partial charge >= 0.3 is 0 Å². The summed E-state index contributed by atoms with van der Waals surface area (Å²) in [6.45, 7) is 0. The van der Waals surface area contributed by atoms with Crippen LogP contribution in [0.3, 0.4) is 0 Å². The first kappa shape index (κ1) is 15.3.